The van der Waals surface area contributed by atoms with Crippen LogP contribution in [-0.4, -0.2) is 38.1 Å². The highest BCUT2D eigenvalue weighted by atomic mass is 19.1. The van der Waals surface area contributed by atoms with Crippen molar-refractivity contribution in [1.82, 2.24) is 19.3 Å². The lowest BCUT2D eigenvalue weighted by Gasteiger charge is -2.17. The van der Waals surface area contributed by atoms with Gasteiger partial charge in [-0.1, -0.05) is 24.3 Å². The molecule has 1 unspecified atom stereocenters. The fraction of sp³-hybridized carbons (Fsp3) is 0.346. The molecule has 5 rings (SSSR count). The molecule has 0 spiro atoms. The van der Waals surface area contributed by atoms with Crippen LogP contribution >= 0.6 is 0 Å². The number of ketones is 1. The Morgan fingerprint density at radius 1 is 1.20 bits per heavy atom. The number of pyridine rings is 1. The van der Waals surface area contributed by atoms with Crippen LogP contribution in [0.25, 0.3) is 0 Å². The Balaban J connectivity index is 0.000000172. The lowest BCUT2D eigenvalue weighted by molar-refractivity contribution is -0.118. The number of aromatic nitrogens is 4. The molecule has 0 aliphatic carbocycles. The summed E-state index contributed by atoms with van der Waals surface area (Å²) in [5.41, 5.74) is 2.42. The monoisotopic (exact) mass is 477 g/mol. The zero-order chi connectivity index (χ0) is 25.1. The van der Waals surface area contributed by atoms with Crippen LogP contribution in [0.1, 0.15) is 59.3 Å². The lowest BCUT2D eigenvalue weighted by Crippen LogP contribution is -2.27. The Morgan fingerprint density at radius 2 is 1.97 bits per heavy atom. The first-order valence-electron chi connectivity index (χ1n) is 11.6. The minimum absolute atomic E-state index is 0.0171. The number of hydrogen-bond donors (Lipinski definition) is 0. The van der Waals surface area contributed by atoms with Gasteiger partial charge in [0.25, 0.3) is 5.56 Å². The first-order chi connectivity index (χ1) is 16.8. The van der Waals surface area contributed by atoms with E-state index in [0.29, 0.717) is 18.4 Å². The van der Waals surface area contributed by atoms with Gasteiger partial charge in [-0.05, 0) is 30.9 Å². The number of carbonyl (C=O) groups is 2. The molecular weight excluding hydrogens is 449 g/mol. The molecule has 2 aromatic heterocycles. The van der Waals surface area contributed by atoms with Crippen LogP contribution in [0.4, 0.5) is 10.1 Å². The Bertz CT molecular complexity index is 1340. The number of benzene rings is 1. The summed E-state index contributed by atoms with van der Waals surface area (Å²) in [7, 11) is 3.46. The molecule has 8 nitrogen and oxygen atoms in total. The average Bonchev–Trinajstić information content (AvgIpc) is 3.39. The molecule has 0 saturated carbocycles. The number of allylic oxidation sites excluding steroid dienone is 1. The maximum Gasteiger partial charge on any atom is 0.250 e. The van der Waals surface area contributed by atoms with Crippen molar-refractivity contribution < 1.29 is 14.0 Å². The third-order valence-corrected chi connectivity index (χ3v) is 6.34. The average molecular weight is 478 g/mol. The van der Waals surface area contributed by atoms with E-state index in [1.165, 1.54) is 16.7 Å². The van der Waals surface area contributed by atoms with E-state index >= 15 is 0 Å². The van der Waals surface area contributed by atoms with E-state index in [-0.39, 0.29) is 41.4 Å². The minimum Gasteiger partial charge on any atom is -0.316 e. The molecule has 0 bridgehead atoms. The molecule has 1 aromatic carbocycles. The zero-order valence-electron chi connectivity index (χ0n) is 19.9. The van der Waals surface area contributed by atoms with Gasteiger partial charge in [0.1, 0.15) is 11.6 Å². The zero-order valence-corrected chi connectivity index (χ0v) is 19.9. The molecule has 4 heterocycles. The Kier molecular flexibility index (Phi) is 7.04. The van der Waals surface area contributed by atoms with E-state index in [1.54, 1.807) is 54.1 Å². The third kappa shape index (κ3) is 4.99. The topological polar surface area (TPSA) is 90.1 Å². The van der Waals surface area contributed by atoms with E-state index in [4.69, 9.17) is 0 Å². The van der Waals surface area contributed by atoms with Crippen LogP contribution in [-0.2, 0) is 24.7 Å². The van der Waals surface area contributed by atoms with E-state index in [2.05, 4.69) is 16.7 Å². The Hall–Kier alpha value is -3.88. The van der Waals surface area contributed by atoms with Crippen LogP contribution in [0, 0.1) is 5.82 Å². The number of amides is 1. The van der Waals surface area contributed by atoms with Crippen molar-refractivity contribution in [2.75, 3.05) is 11.9 Å². The maximum atomic E-state index is 13.9. The largest absolute Gasteiger partial charge is 0.316 e. The number of Topliss-reactive ketones (excluding diaryl/α,β-unsaturated/α-hetero) is 1. The first kappa shape index (κ1) is 24.3. The second kappa shape index (κ2) is 10.2. The predicted molar refractivity (Wildman–Crippen MR) is 130 cm³/mol. The number of anilines is 1. The summed E-state index contributed by atoms with van der Waals surface area (Å²) in [6.07, 6.45) is 7.13. The van der Waals surface area contributed by atoms with E-state index in [9.17, 15) is 18.8 Å². The van der Waals surface area contributed by atoms with Gasteiger partial charge in [0.05, 0.1) is 11.7 Å². The molecule has 2 aliphatic heterocycles. The summed E-state index contributed by atoms with van der Waals surface area (Å²) in [4.78, 5) is 40.7. The minimum atomic E-state index is -0.250. The molecule has 35 heavy (non-hydrogen) atoms. The van der Waals surface area contributed by atoms with Gasteiger partial charge in [0, 0.05) is 51.2 Å². The van der Waals surface area contributed by atoms with Gasteiger partial charge < -0.3 is 9.47 Å². The van der Waals surface area contributed by atoms with Crippen molar-refractivity contribution in [3.05, 3.63) is 88.1 Å². The van der Waals surface area contributed by atoms with Gasteiger partial charge in [0.2, 0.25) is 17.5 Å². The van der Waals surface area contributed by atoms with Gasteiger partial charge in [-0.15, -0.1) is 11.7 Å². The SMILES string of the molecule is C=CCC(=O)c1nc2n(n1)C(c1ccccc1F)CC2.CN1C(=O)CCCc2cc(=O)n(C)cc21. The van der Waals surface area contributed by atoms with Crippen molar-refractivity contribution in [3.63, 3.8) is 0 Å². The summed E-state index contributed by atoms with van der Waals surface area (Å²) in [6, 6.07) is 8.11. The van der Waals surface area contributed by atoms with Crippen molar-refractivity contribution in [2.24, 2.45) is 7.05 Å². The van der Waals surface area contributed by atoms with Crippen LogP contribution in [0.5, 0.6) is 0 Å². The number of halogens is 1. The molecule has 1 amide bonds. The predicted octanol–water partition coefficient (Wildman–Crippen LogP) is 3.40. The molecule has 1 atom stereocenters. The molecule has 3 aromatic rings. The Morgan fingerprint density at radius 3 is 2.71 bits per heavy atom. The highest BCUT2D eigenvalue weighted by Crippen LogP contribution is 2.31. The lowest BCUT2D eigenvalue weighted by atomic mass is 10.0. The van der Waals surface area contributed by atoms with Crippen LogP contribution < -0.4 is 10.5 Å². The van der Waals surface area contributed by atoms with Crippen molar-refractivity contribution in [3.8, 4) is 0 Å². The third-order valence-electron chi connectivity index (χ3n) is 6.34. The normalized spacial score (nSPS) is 16.6. The second-order valence-electron chi connectivity index (χ2n) is 8.73. The maximum absolute atomic E-state index is 13.9. The highest BCUT2D eigenvalue weighted by molar-refractivity contribution is 5.94. The number of carbonyl (C=O) groups excluding carboxylic acids is 2. The second-order valence-corrected chi connectivity index (χ2v) is 8.73. The van der Waals surface area contributed by atoms with Gasteiger partial charge in [-0.3, -0.25) is 14.4 Å². The summed E-state index contributed by atoms with van der Waals surface area (Å²) in [6.45, 7) is 3.53. The van der Waals surface area contributed by atoms with Crippen molar-refractivity contribution in [2.45, 2.75) is 44.6 Å². The number of fused-ring (bicyclic) bond motifs is 2. The van der Waals surface area contributed by atoms with Gasteiger partial charge in [-0.2, -0.15) is 0 Å². The number of hydrogen-bond acceptors (Lipinski definition) is 5. The first-order valence-corrected chi connectivity index (χ1v) is 11.6. The molecular formula is C26H28FN5O3. The van der Waals surface area contributed by atoms with Gasteiger partial charge in [-0.25, -0.2) is 14.1 Å². The summed E-state index contributed by atoms with van der Waals surface area (Å²) >= 11 is 0. The van der Waals surface area contributed by atoms with Crippen LogP contribution in [0.15, 0.2) is 54.0 Å². The quantitative estimate of drug-likeness (QED) is 0.424. The van der Waals surface area contributed by atoms with E-state index < -0.39 is 0 Å². The number of aryl methyl sites for hydroxylation is 3. The number of rotatable bonds is 4. The molecule has 2 aliphatic rings. The standard InChI is InChI=1S/C15H14FN3O.C11H14N2O2/c1-2-5-13(20)15-17-14-9-8-12(19(14)18-15)10-6-3-4-7-11(10)16;1-12-7-9-8(6-11(12)15)4-3-5-10(14)13(9)2/h2-4,6-7,12H,1,5,8-9H2;6-7H,3-5H2,1-2H3. The molecule has 0 N–H and O–H groups in total. The molecule has 0 saturated heterocycles. The fourth-order valence-electron chi connectivity index (χ4n) is 4.43. The molecule has 9 heteroatoms. The molecule has 0 fully saturated rings. The molecule has 182 valence electrons. The van der Waals surface area contributed by atoms with Crippen molar-refractivity contribution in [1.29, 1.82) is 0 Å². The van der Waals surface area contributed by atoms with Gasteiger partial charge in [0.15, 0.2) is 0 Å². The smallest absolute Gasteiger partial charge is 0.250 e. The van der Waals surface area contributed by atoms with E-state index in [1.807, 2.05) is 0 Å². The summed E-state index contributed by atoms with van der Waals surface area (Å²) in [5, 5.41) is 4.25. The summed E-state index contributed by atoms with van der Waals surface area (Å²) in [5.74, 6) is 0.646. The highest BCUT2D eigenvalue weighted by Gasteiger charge is 2.29. The number of nitrogens with zero attached hydrogens (tertiary/aromatic N) is 5. The fourth-order valence-corrected chi connectivity index (χ4v) is 4.43. The van der Waals surface area contributed by atoms with Gasteiger partial charge >= 0.3 is 0 Å². The van der Waals surface area contributed by atoms with Crippen LogP contribution in [0.3, 0.4) is 0 Å². The van der Waals surface area contributed by atoms with Crippen molar-refractivity contribution >= 4 is 17.4 Å². The van der Waals surface area contributed by atoms with Crippen LogP contribution in [0.2, 0.25) is 0 Å². The molecule has 0 radical (unpaired) electrons. The summed E-state index contributed by atoms with van der Waals surface area (Å²) < 4.78 is 17.1. The van der Waals surface area contributed by atoms with E-state index in [0.717, 1.165) is 36.3 Å². The Labute approximate surface area is 202 Å².